The molecule has 0 aliphatic carbocycles. The van der Waals surface area contributed by atoms with Gasteiger partial charge in [-0.15, -0.1) is 0 Å². The highest BCUT2D eigenvalue weighted by molar-refractivity contribution is 5.16. The van der Waals surface area contributed by atoms with Gasteiger partial charge in [-0.3, -0.25) is 9.97 Å². The Morgan fingerprint density at radius 3 is 1.95 bits per heavy atom. The number of hydrogen-bond donors (Lipinski definition) is 0. The molecule has 0 aliphatic heterocycles. The SMILES string of the molecule is CC(C)(C)Cc1cccc(CC(C)(C)Cc2ccncc2)n1. The zero-order chi connectivity index (χ0) is 16.2. The monoisotopic (exact) mass is 296 g/mol. The van der Waals surface area contributed by atoms with Gasteiger partial charge in [0.2, 0.25) is 0 Å². The molecule has 0 bridgehead atoms. The van der Waals surface area contributed by atoms with Crippen molar-refractivity contribution in [2.75, 3.05) is 0 Å². The van der Waals surface area contributed by atoms with Gasteiger partial charge in [-0.25, -0.2) is 0 Å². The molecule has 0 N–H and O–H groups in total. The van der Waals surface area contributed by atoms with Crippen LogP contribution in [0.3, 0.4) is 0 Å². The molecule has 0 atom stereocenters. The molecular formula is C20H28N2. The standard InChI is InChI=1S/C20H28N2/c1-19(2,3)14-17-7-6-8-18(22-17)15-20(4,5)13-16-9-11-21-12-10-16/h6-12H,13-15H2,1-5H3. The molecule has 0 fully saturated rings. The highest BCUT2D eigenvalue weighted by atomic mass is 14.7. The van der Waals surface area contributed by atoms with Crippen LogP contribution in [0.25, 0.3) is 0 Å². The van der Waals surface area contributed by atoms with E-state index >= 15 is 0 Å². The molecule has 2 rings (SSSR count). The van der Waals surface area contributed by atoms with Crippen LogP contribution in [-0.2, 0) is 19.3 Å². The first kappa shape index (κ1) is 16.7. The van der Waals surface area contributed by atoms with Gasteiger partial charge in [-0.2, -0.15) is 0 Å². The number of rotatable bonds is 5. The van der Waals surface area contributed by atoms with Crippen molar-refractivity contribution in [1.29, 1.82) is 0 Å². The Labute approximate surface area is 135 Å². The predicted molar refractivity (Wildman–Crippen MR) is 92.8 cm³/mol. The second-order valence-electron chi connectivity index (χ2n) is 8.23. The third-order valence-corrected chi connectivity index (χ3v) is 3.67. The van der Waals surface area contributed by atoms with Crippen LogP contribution >= 0.6 is 0 Å². The van der Waals surface area contributed by atoms with E-state index in [1.807, 2.05) is 12.4 Å². The molecule has 0 radical (unpaired) electrons. The molecule has 2 heterocycles. The maximum Gasteiger partial charge on any atom is 0.0412 e. The smallest absolute Gasteiger partial charge is 0.0412 e. The van der Waals surface area contributed by atoms with E-state index in [-0.39, 0.29) is 10.8 Å². The lowest BCUT2D eigenvalue weighted by Gasteiger charge is -2.25. The number of nitrogens with zero attached hydrogens (tertiary/aromatic N) is 2. The van der Waals surface area contributed by atoms with E-state index in [0.717, 1.165) is 19.3 Å². The Morgan fingerprint density at radius 2 is 1.36 bits per heavy atom. The Morgan fingerprint density at radius 1 is 0.773 bits per heavy atom. The van der Waals surface area contributed by atoms with Crippen LogP contribution in [0.5, 0.6) is 0 Å². The molecule has 2 heteroatoms. The van der Waals surface area contributed by atoms with Gasteiger partial charge < -0.3 is 0 Å². The van der Waals surface area contributed by atoms with Gasteiger partial charge in [0.05, 0.1) is 0 Å². The molecule has 2 nitrogen and oxygen atoms in total. The van der Waals surface area contributed by atoms with Gasteiger partial charge in [0, 0.05) is 23.8 Å². The maximum absolute atomic E-state index is 4.87. The van der Waals surface area contributed by atoms with E-state index in [4.69, 9.17) is 4.98 Å². The summed E-state index contributed by atoms with van der Waals surface area (Å²) >= 11 is 0. The van der Waals surface area contributed by atoms with Crippen LogP contribution in [-0.4, -0.2) is 9.97 Å². The first-order valence-electron chi connectivity index (χ1n) is 8.07. The van der Waals surface area contributed by atoms with Crippen molar-refractivity contribution in [3.63, 3.8) is 0 Å². The summed E-state index contributed by atoms with van der Waals surface area (Å²) in [7, 11) is 0. The van der Waals surface area contributed by atoms with Crippen molar-refractivity contribution >= 4 is 0 Å². The zero-order valence-electron chi connectivity index (χ0n) is 14.6. The molecule has 0 saturated heterocycles. The van der Waals surface area contributed by atoms with E-state index < -0.39 is 0 Å². The molecule has 0 unspecified atom stereocenters. The summed E-state index contributed by atoms with van der Waals surface area (Å²) < 4.78 is 0. The van der Waals surface area contributed by atoms with Crippen molar-refractivity contribution < 1.29 is 0 Å². The first-order valence-corrected chi connectivity index (χ1v) is 8.07. The average Bonchev–Trinajstić information content (AvgIpc) is 2.36. The lowest BCUT2D eigenvalue weighted by Crippen LogP contribution is -2.20. The predicted octanol–water partition coefficient (Wildman–Crippen LogP) is 4.88. The van der Waals surface area contributed by atoms with Gasteiger partial charge in [-0.1, -0.05) is 40.7 Å². The van der Waals surface area contributed by atoms with Crippen molar-refractivity contribution in [3.8, 4) is 0 Å². The summed E-state index contributed by atoms with van der Waals surface area (Å²) in [6, 6.07) is 10.6. The van der Waals surface area contributed by atoms with E-state index in [9.17, 15) is 0 Å². The minimum atomic E-state index is 0.189. The minimum Gasteiger partial charge on any atom is -0.265 e. The summed E-state index contributed by atoms with van der Waals surface area (Å²) in [5.41, 5.74) is 4.20. The normalized spacial score (nSPS) is 12.4. The Bertz CT molecular complexity index is 595. The minimum absolute atomic E-state index is 0.189. The summed E-state index contributed by atoms with van der Waals surface area (Å²) in [5, 5.41) is 0. The van der Waals surface area contributed by atoms with Crippen molar-refractivity contribution in [2.24, 2.45) is 10.8 Å². The fourth-order valence-corrected chi connectivity index (χ4v) is 2.88. The Hall–Kier alpha value is -1.70. The van der Waals surface area contributed by atoms with Crippen molar-refractivity contribution in [3.05, 3.63) is 59.7 Å². The highest BCUT2D eigenvalue weighted by Gasteiger charge is 2.20. The largest absolute Gasteiger partial charge is 0.265 e. The summed E-state index contributed by atoms with van der Waals surface area (Å²) in [5.74, 6) is 0. The second kappa shape index (κ2) is 6.60. The fourth-order valence-electron chi connectivity index (χ4n) is 2.88. The quantitative estimate of drug-likeness (QED) is 0.786. The zero-order valence-corrected chi connectivity index (χ0v) is 14.6. The van der Waals surface area contributed by atoms with E-state index in [0.29, 0.717) is 0 Å². The summed E-state index contributed by atoms with van der Waals surface area (Å²) in [6.45, 7) is 11.4. The summed E-state index contributed by atoms with van der Waals surface area (Å²) in [6.07, 6.45) is 6.79. The van der Waals surface area contributed by atoms with E-state index in [1.54, 1.807) is 0 Å². The molecule has 0 spiro atoms. The van der Waals surface area contributed by atoms with Gasteiger partial charge in [0.15, 0.2) is 0 Å². The lowest BCUT2D eigenvalue weighted by atomic mass is 9.81. The molecule has 0 saturated carbocycles. The van der Waals surface area contributed by atoms with Gasteiger partial charge in [-0.05, 0) is 59.9 Å². The molecular weight excluding hydrogens is 268 g/mol. The Kier molecular flexibility index (Phi) is 5.00. The number of hydrogen-bond acceptors (Lipinski definition) is 2. The second-order valence-corrected chi connectivity index (χ2v) is 8.23. The maximum atomic E-state index is 4.87. The van der Waals surface area contributed by atoms with E-state index in [1.165, 1.54) is 17.0 Å². The van der Waals surface area contributed by atoms with E-state index in [2.05, 4.69) is 69.9 Å². The van der Waals surface area contributed by atoms with Crippen LogP contribution in [0.1, 0.15) is 51.6 Å². The van der Waals surface area contributed by atoms with Crippen LogP contribution in [0.4, 0.5) is 0 Å². The van der Waals surface area contributed by atoms with Gasteiger partial charge in [0.1, 0.15) is 0 Å². The topological polar surface area (TPSA) is 25.8 Å². The van der Waals surface area contributed by atoms with Crippen molar-refractivity contribution in [2.45, 2.75) is 53.9 Å². The number of aromatic nitrogens is 2. The molecule has 2 aromatic heterocycles. The molecule has 0 aliphatic rings. The average molecular weight is 296 g/mol. The molecule has 118 valence electrons. The van der Waals surface area contributed by atoms with Crippen molar-refractivity contribution in [1.82, 2.24) is 9.97 Å². The molecule has 2 aromatic rings. The lowest BCUT2D eigenvalue weighted by molar-refractivity contribution is 0.355. The number of pyridine rings is 2. The first-order chi connectivity index (χ1) is 10.2. The van der Waals surface area contributed by atoms with Crippen LogP contribution in [0, 0.1) is 10.8 Å². The van der Waals surface area contributed by atoms with Crippen LogP contribution < -0.4 is 0 Å². The van der Waals surface area contributed by atoms with Crippen LogP contribution in [0.2, 0.25) is 0 Å². The van der Waals surface area contributed by atoms with Gasteiger partial charge >= 0.3 is 0 Å². The third kappa shape index (κ3) is 5.59. The van der Waals surface area contributed by atoms with Gasteiger partial charge in [0.25, 0.3) is 0 Å². The molecule has 0 amide bonds. The Balaban J connectivity index is 2.07. The molecule has 0 aromatic carbocycles. The highest BCUT2D eigenvalue weighted by Crippen LogP contribution is 2.26. The third-order valence-electron chi connectivity index (χ3n) is 3.67. The summed E-state index contributed by atoms with van der Waals surface area (Å²) in [4.78, 5) is 8.97. The molecule has 22 heavy (non-hydrogen) atoms. The fraction of sp³-hybridized carbons (Fsp3) is 0.500. The van der Waals surface area contributed by atoms with Crippen LogP contribution in [0.15, 0.2) is 42.7 Å².